The Morgan fingerprint density at radius 2 is 2.05 bits per heavy atom. The molecule has 0 amide bonds. The first-order valence-corrected chi connectivity index (χ1v) is 7.53. The number of fused-ring (bicyclic) bond motifs is 1. The van der Waals surface area contributed by atoms with E-state index < -0.39 is 0 Å². The maximum absolute atomic E-state index is 5.48. The Balaban J connectivity index is 1.81. The zero-order chi connectivity index (χ0) is 14.9. The molecule has 1 atom stereocenters. The zero-order valence-corrected chi connectivity index (χ0v) is 12.5. The molecule has 3 heterocycles. The summed E-state index contributed by atoms with van der Waals surface area (Å²) in [7, 11) is 1.78. The maximum Gasteiger partial charge on any atom is 0.157 e. The second-order valence-electron chi connectivity index (χ2n) is 5.56. The normalized spacial score (nSPS) is 18.2. The van der Waals surface area contributed by atoms with Gasteiger partial charge < -0.3 is 9.64 Å². The molecule has 0 radical (unpaired) electrons. The molecular weight excluding hydrogens is 276 g/mol. The SMILES string of the molecule is CO[C@H]1CCN(c2cc(-c3ccccc3)nc3ccnn23)C1. The van der Waals surface area contributed by atoms with E-state index in [9.17, 15) is 0 Å². The van der Waals surface area contributed by atoms with Gasteiger partial charge in [-0.1, -0.05) is 30.3 Å². The van der Waals surface area contributed by atoms with E-state index in [1.54, 1.807) is 13.3 Å². The second kappa shape index (κ2) is 5.42. The minimum atomic E-state index is 0.291. The van der Waals surface area contributed by atoms with Gasteiger partial charge in [-0.3, -0.25) is 0 Å². The van der Waals surface area contributed by atoms with Crippen molar-refractivity contribution in [2.45, 2.75) is 12.5 Å². The highest BCUT2D eigenvalue weighted by Gasteiger charge is 2.24. The maximum atomic E-state index is 5.48. The minimum Gasteiger partial charge on any atom is -0.380 e. The van der Waals surface area contributed by atoms with Gasteiger partial charge >= 0.3 is 0 Å². The van der Waals surface area contributed by atoms with E-state index in [1.165, 1.54) is 0 Å². The van der Waals surface area contributed by atoms with E-state index in [2.05, 4.69) is 28.2 Å². The summed E-state index contributed by atoms with van der Waals surface area (Å²) in [5.74, 6) is 1.08. The van der Waals surface area contributed by atoms with Crippen LogP contribution in [0.2, 0.25) is 0 Å². The quantitative estimate of drug-likeness (QED) is 0.745. The fourth-order valence-electron chi connectivity index (χ4n) is 3.01. The van der Waals surface area contributed by atoms with Crippen LogP contribution >= 0.6 is 0 Å². The Kier molecular flexibility index (Phi) is 3.27. The molecule has 5 nitrogen and oxygen atoms in total. The Bertz CT molecular complexity index is 784. The third kappa shape index (κ3) is 2.23. The highest BCUT2D eigenvalue weighted by atomic mass is 16.5. The average Bonchev–Trinajstić information content (AvgIpc) is 3.23. The van der Waals surface area contributed by atoms with Gasteiger partial charge in [0.15, 0.2) is 5.65 Å². The van der Waals surface area contributed by atoms with Crippen molar-refractivity contribution < 1.29 is 4.74 Å². The van der Waals surface area contributed by atoms with Gasteiger partial charge in [0.2, 0.25) is 0 Å². The van der Waals surface area contributed by atoms with E-state index in [0.29, 0.717) is 6.10 Å². The molecule has 0 saturated carbocycles. The fraction of sp³-hybridized carbons (Fsp3) is 0.294. The van der Waals surface area contributed by atoms with Crippen LogP contribution in [0.25, 0.3) is 16.9 Å². The fourth-order valence-corrected chi connectivity index (χ4v) is 3.01. The number of methoxy groups -OCH3 is 1. The first kappa shape index (κ1) is 13.3. The molecule has 22 heavy (non-hydrogen) atoms. The summed E-state index contributed by atoms with van der Waals surface area (Å²) >= 11 is 0. The Labute approximate surface area is 129 Å². The number of hydrogen-bond acceptors (Lipinski definition) is 4. The number of ether oxygens (including phenoxy) is 1. The van der Waals surface area contributed by atoms with Crippen LogP contribution < -0.4 is 4.90 Å². The molecule has 0 bridgehead atoms. The van der Waals surface area contributed by atoms with Crippen LogP contribution in [0.4, 0.5) is 5.82 Å². The third-order valence-corrected chi connectivity index (χ3v) is 4.21. The summed E-state index contributed by atoms with van der Waals surface area (Å²) in [5.41, 5.74) is 2.97. The smallest absolute Gasteiger partial charge is 0.157 e. The summed E-state index contributed by atoms with van der Waals surface area (Å²) in [6.45, 7) is 1.87. The number of rotatable bonds is 3. The van der Waals surface area contributed by atoms with Crippen molar-refractivity contribution in [3.05, 3.63) is 48.7 Å². The van der Waals surface area contributed by atoms with Crippen LogP contribution in [0.3, 0.4) is 0 Å². The summed E-state index contributed by atoms with van der Waals surface area (Å²) in [4.78, 5) is 7.04. The topological polar surface area (TPSA) is 42.7 Å². The predicted octanol–water partition coefficient (Wildman–Crippen LogP) is 2.62. The molecule has 0 aliphatic carbocycles. The lowest BCUT2D eigenvalue weighted by atomic mass is 10.1. The van der Waals surface area contributed by atoms with Crippen molar-refractivity contribution in [1.82, 2.24) is 14.6 Å². The van der Waals surface area contributed by atoms with Crippen molar-refractivity contribution in [2.24, 2.45) is 0 Å². The van der Waals surface area contributed by atoms with Gasteiger partial charge in [0.1, 0.15) is 5.82 Å². The molecule has 5 heteroatoms. The van der Waals surface area contributed by atoms with Gasteiger partial charge in [-0.05, 0) is 6.42 Å². The lowest BCUT2D eigenvalue weighted by Gasteiger charge is -2.20. The van der Waals surface area contributed by atoms with E-state index in [4.69, 9.17) is 9.72 Å². The molecule has 1 aromatic carbocycles. The van der Waals surface area contributed by atoms with Crippen molar-refractivity contribution >= 4 is 11.5 Å². The molecule has 0 spiro atoms. The summed E-state index contributed by atoms with van der Waals surface area (Å²) in [6, 6.07) is 14.3. The second-order valence-corrected chi connectivity index (χ2v) is 5.56. The molecule has 2 aromatic heterocycles. The molecular formula is C17H18N4O. The Morgan fingerprint density at radius 1 is 1.18 bits per heavy atom. The molecule has 112 valence electrons. The van der Waals surface area contributed by atoms with E-state index in [0.717, 1.165) is 42.2 Å². The lowest BCUT2D eigenvalue weighted by molar-refractivity contribution is 0.121. The van der Waals surface area contributed by atoms with Crippen molar-refractivity contribution in [3.63, 3.8) is 0 Å². The van der Waals surface area contributed by atoms with Crippen LogP contribution in [-0.4, -0.2) is 40.9 Å². The van der Waals surface area contributed by atoms with Crippen molar-refractivity contribution in [1.29, 1.82) is 0 Å². The van der Waals surface area contributed by atoms with Gasteiger partial charge in [-0.2, -0.15) is 9.61 Å². The van der Waals surface area contributed by atoms with Crippen LogP contribution in [0, 0.1) is 0 Å². The summed E-state index contributed by atoms with van der Waals surface area (Å²) in [5, 5.41) is 4.42. The number of anilines is 1. The number of benzene rings is 1. The highest BCUT2D eigenvalue weighted by molar-refractivity contribution is 5.67. The first-order valence-electron chi connectivity index (χ1n) is 7.53. The van der Waals surface area contributed by atoms with Crippen LogP contribution in [0.5, 0.6) is 0 Å². The highest BCUT2D eigenvalue weighted by Crippen LogP contribution is 2.27. The molecule has 1 fully saturated rings. The van der Waals surface area contributed by atoms with Gasteiger partial charge in [-0.15, -0.1) is 0 Å². The summed E-state index contributed by atoms with van der Waals surface area (Å²) in [6.07, 6.45) is 3.13. The average molecular weight is 294 g/mol. The Hall–Kier alpha value is -2.40. The molecule has 1 saturated heterocycles. The minimum absolute atomic E-state index is 0.291. The van der Waals surface area contributed by atoms with Crippen LogP contribution in [-0.2, 0) is 4.74 Å². The number of hydrogen-bond donors (Lipinski definition) is 0. The van der Waals surface area contributed by atoms with E-state index in [1.807, 2.05) is 28.8 Å². The molecule has 0 unspecified atom stereocenters. The van der Waals surface area contributed by atoms with Crippen molar-refractivity contribution in [2.75, 3.05) is 25.1 Å². The molecule has 1 aliphatic rings. The van der Waals surface area contributed by atoms with Gasteiger partial charge in [0.25, 0.3) is 0 Å². The summed E-state index contributed by atoms with van der Waals surface area (Å²) < 4.78 is 7.39. The predicted molar refractivity (Wildman–Crippen MR) is 86.1 cm³/mol. The van der Waals surface area contributed by atoms with Gasteiger partial charge in [0.05, 0.1) is 18.0 Å². The standard InChI is InChI=1S/C17H18N4O/c1-22-14-8-10-20(12-14)17-11-15(13-5-3-2-4-6-13)19-16-7-9-18-21(16)17/h2-7,9,11,14H,8,10,12H2,1H3/t14-/m0/s1. The number of aromatic nitrogens is 3. The molecule has 1 aliphatic heterocycles. The molecule has 0 N–H and O–H groups in total. The van der Waals surface area contributed by atoms with E-state index in [-0.39, 0.29) is 0 Å². The molecule has 3 aromatic rings. The van der Waals surface area contributed by atoms with Crippen LogP contribution in [0.1, 0.15) is 6.42 Å². The Morgan fingerprint density at radius 3 is 2.82 bits per heavy atom. The largest absolute Gasteiger partial charge is 0.380 e. The zero-order valence-electron chi connectivity index (χ0n) is 12.5. The molecule has 4 rings (SSSR count). The van der Waals surface area contributed by atoms with Gasteiger partial charge in [0, 0.05) is 37.9 Å². The monoisotopic (exact) mass is 294 g/mol. The van der Waals surface area contributed by atoms with Crippen molar-refractivity contribution in [3.8, 4) is 11.3 Å². The van der Waals surface area contributed by atoms with Gasteiger partial charge in [-0.25, -0.2) is 4.98 Å². The number of nitrogens with zero attached hydrogens (tertiary/aromatic N) is 4. The lowest BCUT2D eigenvalue weighted by Crippen LogP contribution is -2.24. The van der Waals surface area contributed by atoms with Crippen LogP contribution in [0.15, 0.2) is 48.7 Å². The first-order chi connectivity index (χ1) is 10.8. The third-order valence-electron chi connectivity index (χ3n) is 4.21. The van der Waals surface area contributed by atoms with E-state index >= 15 is 0 Å².